The van der Waals surface area contributed by atoms with Gasteiger partial charge < -0.3 is 0 Å². The van der Waals surface area contributed by atoms with E-state index in [0.717, 1.165) is 121 Å². The Bertz CT molecular complexity index is 4990. The van der Waals surface area contributed by atoms with Gasteiger partial charge in [-0.2, -0.15) is 0 Å². The Morgan fingerprint density at radius 2 is 0.654 bits per heavy atom. The van der Waals surface area contributed by atoms with E-state index in [-0.39, 0.29) is 11.1 Å². The van der Waals surface area contributed by atoms with Crippen molar-refractivity contribution < 1.29 is 0 Å². The molecule has 0 aliphatic heterocycles. The van der Waals surface area contributed by atoms with E-state index in [1.54, 1.807) is 0 Å². The summed E-state index contributed by atoms with van der Waals surface area (Å²) in [7, 11) is 0. The summed E-state index contributed by atoms with van der Waals surface area (Å²) < 4.78 is 3.64. The van der Waals surface area contributed by atoms with Crippen LogP contribution in [0.1, 0.15) is 0 Å². The van der Waals surface area contributed by atoms with Gasteiger partial charge >= 0.3 is 0 Å². The van der Waals surface area contributed by atoms with Crippen molar-refractivity contribution in [3.8, 4) is 66.8 Å². The van der Waals surface area contributed by atoms with E-state index in [9.17, 15) is 9.59 Å². The van der Waals surface area contributed by atoms with Gasteiger partial charge in [0.05, 0.1) is 22.1 Å². The molecule has 0 saturated carbocycles. The van der Waals surface area contributed by atoms with E-state index in [1.165, 1.54) is 0 Å². The number of rotatable bonds is 6. The van der Waals surface area contributed by atoms with E-state index in [2.05, 4.69) is 146 Å². The van der Waals surface area contributed by atoms with Gasteiger partial charge in [-0.05, 0) is 103 Å². The van der Waals surface area contributed by atoms with Gasteiger partial charge in [0.25, 0.3) is 11.1 Å². The lowest BCUT2D eigenvalue weighted by Crippen LogP contribution is -2.13. The van der Waals surface area contributed by atoms with Crippen LogP contribution in [-0.4, -0.2) is 18.8 Å². The van der Waals surface area contributed by atoms with Crippen molar-refractivity contribution in [1.29, 1.82) is 0 Å². The number of pyridine rings is 2. The first-order valence-corrected chi connectivity index (χ1v) is 26.2. The van der Waals surface area contributed by atoms with Crippen LogP contribution in [0.4, 0.5) is 0 Å². The lowest BCUT2D eigenvalue weighted by molar-refractivity contribution is 1.19. The molecule has 0 bridgehead atoms. The number of imidazole rings is 2. The standard InChI is InChI=1S/2C36H22N2O/c39-36-30-20-19-27(24-13-6-2-7-14-24)28-17-10-18-29(33(28)30)35-37-34-31(25-15-8-3-9-16-25)21-26(22-32(34)38(35)36)23-11-4-1-5-12-23;39-36-30-20-19-27(24-13-6-2-7-14-24)28-17-10-18-29(33(28)30)35-37-32-22-26(23-11-4-1-5-12-23)21-31(34(32)38(35)36)25-15-8-3-9-16-25/h2*1-22H. The predicted octanol–water partition coefficient (Wildman–Crippen LogP) is 17.2. The first kappa shape index (κ1) is 44.9. The van der Waals surface area contributed by atoms with Crippen molar-refractivity contribution in [2.75, 3.05) is 0 Å². The van der Waals surface area contributed by atoms with Crippen molar-refractivity contribution in [3.05, 3.63) is 288 Å². The van der Waals surface area contributed by atoms with E-state index >= 15 is 0 Å². The van der Waals surface area contributed by atoms with Crippen molar-refractivity contribution >= 4 is 76.5 Å². The van der Waals surface area contributed by atoms with Crippen molar-refractivity contribution in [2.45, 2.75) is 0 Å². The second kappa shape index (κ2) is 18.1. The molecule has 0 radical (unpaired) electrons. The highest BCUT2D eigenvalue weighted by atomic mass is 16.1. The minimum Gasteiger partial charge on any atom is -0.268 e. The minimum absolute atomic E-state index is 0.0412. The number of fused-ring (bicyclic) bond motifs is 8. The van der Waals surface area contributed by atoms with Crippen LogP contribution in [0.3, 0.4) is 0 Å². The molecule has 0 spiro atoms. The van der Waals surface area contributed by atoms with Gasteiger partial charge in [-0.25, -0.2) is 9.97 Å². The predicted molar refractivity (Wildman–Crippen MR) is 323 cm³/mol. The molecule has 0 atom stereocenters. The van der Waals surface area contributed by atoms with Gasteiger partial charge in [0.2, 0.25) is 0 Å². The van der Waals surface area contributed by atoms with Crippen molar-refractivity contribution in [1.82, 2.24) is 18.8 Å². The molecule has 4 heterocycles. The molecular formula is C72H44N4O2. The third-order valence-electron chi connectivity index (χ3n) is 15.5. The van der Waals surface area contributed by atoms with Crippen molar-refractivity contribution in [3.63, 3.8) is 0 Å². The lowest BCUT2D eigenvalue weighted by Gasteiger charge is -2.12. The zero-order valence-electron chi connectivity index (χ0n) is 42.0. The summed E-state index contributed by atoms with van der Waals surface area (Å²) >= 11 is 0. The van der Waals surface area contributed by atoms with Crippen LogP contribution in [0.15, 0.2) is 277 Å². The number of nitrogens with zero attached hydrogens (tertiary/aromatic N) is 4. The molecule has 0 amide bonds. The highest BCUT2D eigenvalue weighted by Crippen LogP contribution is 2.41. The van der Waals surface area contributed by atoms with Crippen LogP contribution < -0.4 is 11.1 Å². The Balaban J connectivity index is 0.000000136. The molecule has 0 fully saturated rings. The minimum atomic E-state index is -0.0416. The van der Waals surface area contributed by atoms with E-state index in [4.69, 9.17) is 9.97 Å². The SMILES string of the molecule is O=c1c2ccc(-c3ccccc3)c3cccc(c32)c2nc3c(-c4ccccc4)cc(-c4ccccc4)cc3n12.O=c1c2ccc(-c3ccccc3)c3cccc(c32)c2nc3cc(-c4ccccc4)cc(-c4ccccc4)c3n12. The molecule has 0 unspecified atom stereocenters. The van der Waals surface area contributed by atoms with Gasteiger partial charge in [0.1, 0.15) is 11.3 Å². The molecule has 16 aromatic rings. The quantitative estimate of drug-likeness (QED) is 0.166. The lowest BCUT2D eigenvalue weighted by atomic mass is 9.94. The first-order chi connectivity index (χ1) is 38.6. The average Bonchev–Trinajstić information content (AvgIpc) is 4.31. The van der Waals surface area contributed by atoms with Gasteiger partial charge in [-0.15, -0.1) is 0 Å². The summed E-state index contributed by atoms with van der Waals surface area (Å²) in [6.07, 6.45) is 0. The van der Waals surface area contributed by atoms with Crippen LogP contribution in [0.5, 0.6) is 0 Å². The van der Waals surface area contributed by atoms with E-state index in [0.29, 0.717) is 22.1 Å². The third kappa shape index (κ3) is 7.11. The van der Waals surface area contributed by atoms with Crippen LogP contribution in [0.25, 0.3) is 143 Å². The zero-order valence-corrected chi connectivity index (χ0v) is 42.0. The second-order valence-corrected chi connectivity index (χ2v) is 19.9. The second-order valence-electron chi connectivity index (χ2n) is 19.9. The Morgan fingerprint density at radius 1 is 0.269 bits per heavy atom. The topological polar surface area (TPSA) is 68.7 Å². The molecule has 0 aliphatic carbocycles. The van der Waals surface area contributed by atoms with Gasteiger partial charge in [-0.3, -0.25) is 18.4 Å². The number of aromatic nitrogens is 4. The molecule has 364 valence electrons. The number of benzene rings is 12. The molecular weight excluding hydrogens is 953 g/mol. The summed E-state index contributed by atoms with van der Waals surface area (Å²) in [4.78, 5) is 38.8. The normalized spacial score (nSPS) is 11.7. The van der Waals surface area contributed by atoms with Crippen LogP contribution >= 0.6 is 0 Å². The largest absolute Gasteiger partial charge is 0.268 e. The fraction of sp³-hybridized carbons (Fsp3) is 0. The molecule has 6 nitrogen and oxygen atoms in total. The average molecular weight is 997 g/mol. The molecule has 12 aromatic carbocycles. The smallest absolute Gasteiger partial charge is 0.264 e. The zero-order chi connectivity index (χ0) is 51.8. The highest BCUT2D eigenvalue weighted by Gasteiger charge is 2.23. The maximum atomic E-state index is 14.3. The molecule has 0 N–H and O–H groups in total. The van der Waals surface area contributed by atoms with Crippen LogP contribution in [-0.2, 0) is 0 Å². The monoisotopic (exact) mass is 996 g/mol. The molecule has 0 aliphatic rings. The van der Waals surface area contributed by atoms with Crippen LogP contribution in [0.2, 0.25) is 0 Å². The van der Waals surface area contributed by atoms with Crippen molar-refractivity contribution in [2.24, 2.45) is 0 Å². The Hall–Kier alpha value is -10.6. The maximum absolute atomic E-state index is 14.3. The molecule has 78 heavy (non-hydrogen) atoms. The summed E-state index contributed by atoms with van der Waals surface area (Å²) in [6.45, 7) is 0. The third-order valence-corrected chi connectivity index (χ3v) is 15.5. The summed E-state index contributed by atoms with van der Waals surface area (Å²) in [5.41, 5.74) is 17.6. The molecule has 6 heteroatoms. The summed E-state index contributed by atoms with van der Waals surface area (Å²) in [5, 5.41) is 7.45. The fourth-order valence-electron chi connectivity index (χ4n) is 11.9. The Kier molecular flexibility index (Phi) is 10.4. The summed E-state index contributed by atoms with van der Waals surface area (Å²) in [6, 6.07) is 91.1. The highest BCUT2D eigenvalue weighted by molar-refractivity contribution is 6.21. The fourth-order valence-corrected chi connectivity index (χ4v) is 11.9. The number of hydrogen-bond donors (Lipinski definition) is 0. The summed E-state index contributed by atoms with van der Waals surface area (Å²) in [5.74, 6) is 0. The Labute approximate surface area is 447 Å². The van der Waals surface area contributed by atoms with E-state index in [1.807, 2.05) is 130 Å². The molecule has 16 rings (SSSR count). The van der Waals surface area contributed by atoms with Crippen LogP contribution in [0, 0.1) is 0 Å². The molecule has 0 saturated heterocycles. The first-order valence-electron chi connectivity index (χ1n) is 26.2. The van der Waals surface area contributed by atoms with E-state index < -0.39 is 0 Å². The van der Waals surface area contributed by atoms with Gasteiger partial charge in [0.15, 0.2) is 0 Å². The molecule has 4 aromatic heterocycles. The maximum Gasteiger partial charge on any atom is 0.264 e. The Morgan fingerprint density at radius 3 is 1.14 bits per heavy atom. The number of hydrogen-bond acceptors (Lipinski definition) is 4. The van der Waals surface area contributed by atoms with Gasteiger partial charge in [0, 0.05) is 43.4 Å². The van der Waals surface area contributed by atoms with Gasteiger partial charge in [-0.1, -0.05) is 231 Å².